The van der Waals surface area contributed by atoms with E-state index in [-0.39, 0.29) is 10.8 Å². The lowest BCUT2D eigenvalue weighted by atomic mass is 9.99. The number of hydrogen-bond acceptors (Lipinski definition) is 3. The van der Waals surface area contributed by atoms with Gasteiger partial charge in [-0.05, 0) is 47.7 Å². The van der Waals surface area contributed by atoms with Crippen LogP contribution in [0.4, 0.5) is 0 Å². The Bertz CT molecular complexity index is 912. The van der Waals surface area contributed by atoms with E-state index in [1.54, 1.807) is 17.0 Å². The molecule has 0 saturated heterocycles. The topological polar surface area (TPSA) is 80.5 Å². The van der Waals surface area contributed by atoms with E-state index in [2.05, 4.69) is 0 Å². The number of halogens is 1. The second kappa shape index (κ2) is 7.15. The maximum atomic E-state index is 12.5. The van der Waals surface area contributed by atoms with Crippen LogP contribution in [0.2, 0.25) is 5.02 Å². The van der Waals surface area contributed by atoms with Crippen LogP contribution in [0.15, 0.2) is 47.4 Å². The Balaban J connectivity index is 1.69. The predicted octanol–water partition coefficient (Wildman–Crippen LogP) is 2.50. The summed E-state index contributed by atoms with van der Waals surface area (Å²) in [5.74, 6) is 0.0339. The number of fused-ring (bicyclic) bond motifs is 1. The number of nitrogens with zero attached hydrogens (tertiary/aromatic N) is 1. The van der Waals surface area contributed by atoms with Crippen LogP contribution >= 0.6 is 11.6 Å². The maximum absolute atomic E-state index is 12.5. The number of sulfonamides is 1. The van der Waals surface area contributed by atoms with Gasteiger partial charge in [0.05, 0.1) is 4.90 Å². The van der Waals surface area contributed by atoms with Crippen molar-refractivity contribution in [1.29, 1.82) is 0 Å². The molecular weight excluding hydrogens is 360 g/mol. The highest BCUT2D eigenvalue weighted by molar-refractivity contribution is 7.89. The lowest BCUT2D eigenvalue weighted by Gasteiger charge is -2.29. The zero-order valence-electron chi connectivity index (χ0n) is 13.6. The molecule has 2 aromatic carbocycles. The second-order valence-corrected chi connectivity index (χ2v) is 8.10. The standard InChI is InChI=1S/C18H19ClN2O3S/c19-17-4-2-1-3-14(17)6-8-18(22)21-10-9-13-5-7-16(25(20,23)24)11-15(13)12-21/h1-5,7,11H,6,8-10,12H2,(H2,20,23,24). The predicted molar refractivity (Wildman–Crippen MR) is 96.7 cm³/mol. The van der Waals surface area contributed by atoms with Crippen LogP contribution in [-0.4, -0.2) is 25.8 Å². The minimum absolute atomic E-state index is 0.0339. The van der Waals surface area contributed by atoms with E-state index in [0.29, 0.717) is 37.4 Å². The third-order valence-electron chi connectivity index (χ3n) is 4.44. The molecule has 0 aliphatic carbocycles. The van der Waals surface area contributed by atoms with Gasteiger partial charge in [0.25, 0.3) is 0 Å². The Hall–Kier alpha value is -1.89. The van der Waals surface area contributed by atoms with Crippen LogP contribution < -0.4 is 5.14 Å². The summed E-state index contributed by atoms with van der Waals surface area (Å²) in [6.45, 7) is 1.03. The molecule has 1 aliphatic heterocycles. The summed E-state index contributed by atoms with van der Waals surface area (Å²) >= 11 is 6.13. The highest BCUT2D eigenvalue weighted by Crippen LogP contribution is 2.23. The number of primary sulfonamides is 1. The number of carbonyl (C=O) groups excluding carboxylic acids is 1. The van der Waals surface area contributed by atoms with E-state index in [9.17, 15) is 13.2 Å². The normalized spacial score (nSPS) is 14.2. The van der Waals surface area contributed by atoms with Crippen molar-refractivity contribution < 1.29 is 13.2 Å². The van der Waals surface area contributed by atoms with Crippen LogP contribution in [-0.2, 0) is 34.2 Å². The van der Waals surface area contributed by atoms with E-state index in [1.807, 2.05) is 24.3 Å². The molecule has 2 aromatic rings. The molecule has 1 aliphatic rings. The van der Waals surface area contributed by atoms with Crippen LogP contribution in [0.5, 0.6) is 0 Å². The van der Waals surface area contributed by atoms with Crippen molar-refractivity contribution in [2.45, 2.75) is 30.7 Å². The van der Waals surface area contributed by atoms with E-state index in [4.69, 9.17) is 16.7 Å². The van der Waals surface area contributed by atoms with Crippen molar-refractivity contribution in [2.24, 2.45) is 5.14 Å². The van der Waals surface area contributed by atoms with Gasteiger partial charge in [-0.2, -0.15) is 0 Å². The first-order chi connectivity index (χ1) is 11.8. The number of nitrogens with two attached hydrogens (primary N) is 1. The number of hydrogen-bond donors (Lipinski definition) is 1. The highest BCUT2D eigenvalue weighted by Gasteiger charge is 2.22. The highest BCUT2D eigenvalue weighted by atomic mass is 35.5. The van der Waals surface area contributed by atoms with E-state index in [0.717, 1.165) is 16.7 Å². The van der Waals surface area contributed by atoms with E-state index in [1.165, 1.54) is 6.07 Å². The van der Waals surface area contributed by atoms with E-state index >= 15 is 0 Å². The molecule has 0 aromatic heterocycles. The summed E-state index contributed by atoms with van der Waals surface area (Å²) in [7, 11) is -3.74. The first-order valence-electron chi connectivity index (χ1n) is 8.00. The first kappa shape index (κ1) is 17.9. The average molecular weight is 379 g/mol. The van der Waals surface area contributed by atoms with Gasteiger partial charge in [0, 0.05) is 24.5 Å². The van der Waals surface area contributed by atoms with Gasteiger partial charge >= 0.3 is 0 Å². The molecular formula is C18H19ClN2O3S. The van der Waals surface area contributed by atoms with Gasteiger partial charge in [0.1, 0.15) is 0 Å². The SMILES string of the molecule is NS(=O)(=O)c1ccc2c(c1)CN(C(=O)CCc1ccccc1Cl)CC2. The Morgan fingerprint density at radius 3 is 2.64 bits per heavy atom. The van der Waals surface area contributed by atoms with Crippen LogP contribution in [0.1, 0.15) is 23.1 Å². The van der Waals surface area contributed by atoms with Gasteiger partial charge in [-0.15, -0.1) is 0 Å². The summed E-state index contributed by atoms with van der Waals surface area (Å²) in [5, 5.41) is 5.85. The summed E-state index contributed by atoms with van der Waals surface area (Å²) in [5.41, 5.74) is 2.85. The number of carbonyl (C=O) groups is 1. The molecule has 0 spiro atoms. The van der Waals surface area contributed by atoms with Crippen molar-refractivity contribution in [2.75, 3.05) is 6.54 Å². The minimum Gasteiger partial charge on any atom is -0.338 e. The van der Waals surface area contributed by atoms with Gasteiger partial charge in [0.15, 0.2) is 0 Å². The lowest BCUT2D eigenvalue weighted by molar-refractivity contribution is -0.132. The van der Waals surface area contributed by atoms with Crippen molar-refractivity contribution >= 4 is 27.5 Å². The van der Waals surface area contributed by atoms with Crippen LogP contribution in [0.25, 0.3) is 0 Å². The van der Waals surface area contributed by atoms with Gasteiger partial charge in [-0.3, -0.25) is 4.79 Å². The van der Waals surface area contributed by atoms with Crippen LogP contribution in [0.3, 0.4) is 0 Å². The lowest BCUT2D eigenvalue weighted by Crippen LogP contribution is -2.36. The molecule has 132 valence electrons. The summed E-state index contributed by atoms with van der Waals surface area (Å²) < 4.78 is 23.0. The summed E-state index contributed by atoms with van der Waals surface area (Å²) in [6.07, 6.45) is 1.66. The van der Waals surface area contributed by atoms with Crippen molar-refractivity contribution in [3.8, 4) is 0 Å². The molecule has 0 saturated carbocycles. The molecule has 0 bridgehead atoms. The molecule has 3 rings (SSSR count). The largest absolute Gasteiger partial charge is 0.338 e. The molecule has 0 fully saturated rings. The van der Waals surface area contributed by atoms with Crippen molar-refractivity contribution in [3.63, 3.8) is 0 Å². The maximum Gasteiger partial charge on any atom is 0.238 e. The summed E-state index contributed by atoms with van der Waals surface area (Å²) in [6, 6.07) is 12.4. The average Bonchev–Trinajstić information content (AvgIpc) is 2.59. The fraction of sp³-hybridized carbons (Fsp3) is 0.278. The Morgan fingerprint density at radius 2 is 1.92 bits per heavy atom. The number of rotatable bonds is 4. The van der Waals surface area contributed by atoms with Gasteiger partial charge in [-0.25, -0.2) is 13.6 Å². The van der Waals surface area contributed by atoms with Crippen molar-refractivity contribution in [3.05, 3.63) is 64.2 Å². The Kier molecular flexibility index (Phi) is 5.13. The molecule has 0 atom stereocenters. The smallest absolute Gasteiger partial charge is 0.238 e. The van der Waals surface area contributed by atoms with Gasteiger partial charge < -0.3 is 4.90 Å². The monoisotopic (exact) mass is 378 g/mol. The van der Waals surface area contributed by atoms with Crippen molar-refractivity contribution in [1.82, 2.24) is 4.90 Å². The molecule has 1 heterocycles. The third kappa shape index (κ3) is 4.21. The van der Waals surface area contributed by atoms with Crippen LogP contribution in [0, 0.1) is 0 Å². The number of aryl methyl sites for hydroxylation is 1. The molecule has 2 N–H and O–H groups in total. The zero-order valence-corrected chi connectivity index (χ0v) is 15.2. The molecule has 1 amide bonds. The Morgan fingerprint density at radius 1 is 1.16 bits per heavy atom. The quantitative estimate of drug-likeness (QED) is 0.887. The number of amides is 1. The molecule has 0 radical (unpaired) electrons. The molecule has 7 heteroatoms. The number of benzene rings is 2. The zero-order chi connectivity index (χ0) is 18.0. The second-order valence-electron chi connectivity index (χ2n) is 6.13. The van der Waals surface area contributed by atoms with Gasteiger partial charge in [-0.1, -0.05) is 35.9 Å². The first-order valence-corrected chi connectivity index (χ1v) is 9.93. The summed E-state index contributed by atoms with van der Waals surface area (Å²) in [4.78, 5) is 14.4. The molecule has 25 heavy (non-hydrogen) atoms. The Labute approximate surface area is 152 Å². The van der Waals surface area contributed by atoms with E-state index < -0.39 is 10.0 Å². The third-order valence-corrected chi connectivity index (χ3v) is 5.72. The molecule has 5 nitrogen and oxygen atoms in total. The fourth-order valence-electron chi connectivity index (χ4n) is 3.02. The molecule has 0 unspecified atom stereocenters. The fourth-order valence-corrected chi connectivity index (χ4v) is 3.82. The van der Waals surface area contributed by atoms with Gasteiger partial charge in [0.2, 0.25) is 15.9 Å². The minimum atomic E-state index is -3.74.